The molecular formula is C15H12FNO4. The van der Waals surface area contributed by atoms with Crippen LogP contribution in [0.4, 0.5) is 10.1 Å². The van der Waals surface area contributed by atoms with E-state index in [9.17, 15) is 19.1 Å². The number of hydrogen-bond acceptors (Lipinski definition) is 3. The third-order valence-corrected chi connectivity index (χ3v) is 2.94. The third-order valence-electron chi connectivity index (χ3n) is 2.94. The highest BCUT2D eigenvalue weighted by molar-refractivity contribution is 6.06. The SMILES string of the molecule is Cc1ccc(F)cc1C(=O)Nc1cc(C(=O)O)ccc1O. The summed E-state index contributed by atoms with van der Waals surface area (Å²) in [6.07, 6.45) is 0. The minimum atomic E-state index is -1.19. The van der Waals surface area contributed by atoms with E-state index in [1.165, 1.54) is 18.2 Å². The normalized spacial score (nSPS) is 10.2. The lowest BCUT2D eigenvalue weighted by molar-refractivity contribution is 0.0696. The lowest BCUT2D eigenvalue weighted by atomic mass is 10.1. The van der Waals surface area contributed by atoms with Crippen molar-refractivity contribution in [3.05, 3.63) is 58.9 Å². The zero-order valence-electron chi connectivity index (χ0n) is 11.1. The Hall–Kier alpha value is -2.89. The van der Waals surface area contributed by atoms with Crippen LogP contribution in [0.25, 0.3) is 0 Å². The van der Waals surface area contributed by atoms with E-state index in [1.807, 2.05) is 0 Å². The van der Waals surface area contributed by atoms with Crippen molar-refractivity contribution in [3.8, 4) is 5.75 Å². The number of rotatable bonds is 3. The monoisotopic (exact) mass is 289 g/mol. The number of phenolic OH excluding ortho intramolecular Hbond substituents is 1. The van der Waals surface area contributed by atoms with Crippen LogP contribution in [0.1, 0.15) is 26.3 Å². The molecule has 0 saturated carbocycles. The molecule has 0 aliphatic heterocycles. The van der Waals surface area contributed by atoms with Crippen molar-refractivity contribution >= 4 is 17.6 Å². The van der Waals surface area contributed by atoms with Crippen LogP contribution in [0.2, 0.25) is 0 Å². The van der Waals surface area contributed by atoms with E-state index in [4.69, 9.17) is 5.11 Å². The highest BCUT2D eigenvalue weighted by Crippen LogP contribution is 2.25. The minimum absolute atomic E-state index is 0.0523. The van der Waals surface area contributed by atoms with Crippen molar-refractivity contribution in [2.45, 2.75) is 6.92 Å². The van der Waals surface area contributed by atoms with E-state index in [2.05, 4.69) is 5.32 Å². The first-order chi connectivity index (χ1) is 9.88. The highest BCUT2D eigenvalue weighted by Gasteiger charge is 2.14. The van der Waals surface area contributed by atoms with Crippen molar-refractivity contribution in [1.29, 1.82) is 0 Å². The molecule has 2 aromatic carbocycles. The first-order valence-corrected chi connectivity index (χ1v) is 6.02. The van der Waals surface area contributed by atoms with Gasteiger partial charge >= 0.3 is 5.97 Å². The molecule has 0 aliphatic carbocycles. The number of aryl methyl sites for hydroxylation is 1. The van der Waals surface area contributed by atoms with Gasteiger partial charge in [0.2, 0.25) is 0 Å². The molecule has 2 rings (SSSR count). The van der Waals surface area contributed by atoms with Gasteiger partial charge in [0.15, 0.2) is 0 Å². The molecule has 0 aliphatic rings. The summed E-state index contributed by atoms with van der Waals surface area (Å²) in [6, 6.07) is 7.26. The van der Waals surface area contributed by atoms with Gasteiger partial charge in [-0.15, -0.1) is 0 Å². The Kier molecular flexibility index (Phi) is 3.89. The van der Waals surface area contributed by atoms with Gasteiger partial charge < -0.3 is 15.5 Å². The molecule has 5 nitrogen and oxygen atoms in total. The number of carboxylic acids is 1. The predicted molar refractivity (Wildman–Crippen MR) is 74.2 cm³/mol. The zero-order valence-corrected chi connectivity index (χ0v) is 11.1. The number of aromatic carboxylic acids is 1. The molecule has 0 atom stereocenters. The molecule has 6 heteroatoms. The molecule has 3 N–H and O–H groups in total. The number of hydrogen-bond donors (Lipinski definition) is 3. The molecule has 108 valence electrons. The second-order valence-corrected chi connectivity index (χ2v) is 4.45. The van der Waals surface area contributed by atoms with Gasteiger partial charge in [-0.25, -0.2) is 9.18 Å². The van der Waals surface area contributed by atoms with Gasteiger partial charge in [-0.2, -0.15) is 0 Å². The number of carboxylic acid groups (broad SMARTS) is 1. The van der Waals surface area contributed by atoms with Crippen LogP contribution in [0.5, 0.6) is 5.75 Å². The smallest absolute Gasteiger partial charge is 0.335 e. The maximum Gasteiger partial charge on any atom is 0.335 e. The summed E-state index contributed by atoms with van der Waals surface area (Å²) in [5.74, 6) is -2.66. The number of carbonyl (C=O) groups is 2. The first kappa shape index (κ1) is 14.5. The average Bonchev–Trinajstić information content (AvgIpc) is 2.43. The van der Waals surface area contributed by atoms with E-state index in [0.29, 0.717) is 5.56 Å². The van der Waals surface area contributed by atoms with Crippen molar-refractivity contribution in [1.82, 2.24) is 0 Å². The van der Waals surface area contributed by atoms with E-state index in [0.717, 1.165) is 18.2 Å². The fraction of sp³-hybridized carbons (Fsp3) is 0.0667. The molecule has 0 saturated heterocycles. The van der Waals surface area contributed by atoms with E-state index < -0.39 is 17.7 Å². The number of anilines is 1. The Bertz CT molecular complexity index is 728. The number of halogens is 1. The Labute approximate surface area is 119 Å². The fourth-order valence-electron chi connectivity index (χ4n) is 1.80. The molecule has 0 aromatic heterocycles. The van der Waals surface area contributed by atoms with Crippen molar-refractivity contribution in [2.75, 3.05) is 5.32 Å². The van der Waals surface area contributed by atoms with Gasteiger partial charge in [0.05, 0.1) is 11.3 Å². The molecule has 21 heavy (non-hydrogen) atoms. The average molecular weight is 289 g/mol. The van der Waals surface area contributed by atoms with E-state index >= 15 is 0 Å². The lowest BCUT2D eigenvalue weighted by Crippen LogP contribution is -2.14. The third kappa shape index (κ3) is 3.17. The summed E-state index contributed by atoms with van der Waals surface area (Å²) in [6.45, 7) is 1.64. The van der Waals surface area contributed by atoms with Crippen molar-refractivity contribution < 1.29 is 24.2 Å². The van der Waals surface area contributed by atoms with Crippen LogP contribution >= 0.6 is 0 Å². The minimum Gasteiger partial charge on any atom is -0.506 e. The van der Waals surface area contributed by atoms with Crippen LogP contribution in [-0.2, 0) is 0 Å². The number of carbonyl (C=O) groups excluding carboxylic acids is 1. The molecule has 0 bridgehead atoms. The standard InChI is InChI=1S/C15H12FNO4/c1-8-2-4-10(16)7-11(8)14(19)17-12-6-9(15(20)21)3-5-13(12)18/h2-7,18H,1H3,(H,17,19)(H,20,21). The van der Waals surface area contributed by atoms with Gasteiger partial charge in [-0.05, 0) is 42.8 Å². The topological polar surface area (TPSA) is 86.6 Å². The number of amides is 1. The maximum absolute atomic E-state index is 13.2. The summed E-state index contributed by atoms with van der Waals surface area (Å²) in [5, 5.41) is 20.9. The van der Waals surface area contributed by atoms with Crippen molar-refractivity contribution in [2.24, 2.45) is 0 Å². The number of benzene rings is 2. The zero-order chi connectivity index (χ0) is 15.6. The predicted octanol–water partition coefficient (Wildman–Crippen LogP) is 2.79. The van der Waals surface area contributed by atoms with Crippen LogP contribution in [0.15, 0.2) is 36.4 Å². The summed E-state index contributed by atoms with van der Waals surface area (Å²) in [7, 11) is 0. The summed E-state index contributed by atoms with van der Waals surface area (Å²) in [4.78, 5) is 23.0. The Morgan fingerprint density at radius 2 is 1.86 bits per heavy atom. The number of aromatic hydroxyl groups is 1. The largest absolute Gasteiger partial charge is 0.506 e. The summed E-state index contributed by atoms with van der Waals surface area (Å²) in [5.41, 5.74) is 0.528. The number of phenols is 1. The van der Waals surface area contributed by atoms with E-state index in [-0.39, 0.29) is 22.6 Å². The lowest BCUT2D eigenvalue weighted by Gasteiger charge is -2.10. The Morgan fingerprint density at radius 1 is 1.14 bits per heavy atom. The van der Waals surface area contributed by atoms with Crippen molar-refractivity contribution in [3.63, 3.8) is 0 Å². The molecule has 1 amide bonds. The first-order valence-electron chi connectivity index (χ1n) is 6.02. The van der Waals surface area contributed by atoms with Gasteiger partial charge in [-0.3, -0.25) is 4.79 Å². The summed E-state index contributed by atoms with van der Waals surface area (Å²) >= 11 is 0. The second kappa shape index (κ2) is 5.62. The van der Waals surface area contributed by atoms with Crippen LogP contribution < -0.4 is 5.32 Å². The quantitative estimate of drug-likeness (QED) is 0.758. The Morgan fingerprint density at radius 3 is 2.52 bits per heavy atom. The van der Waals surface area contributed by atoms with Gasteiger partial charge in [0.1, 0.15) is 11.6 Å². The van der Waals surface area contributed by atoms with Gasteiger partial charge in [-0.1, -0.05) is 6.07 Å². The van der Waals surface area contributed by atoms with Crippen LogP contribution in [0, 0.1) is 12.7 Å². The maximum atomic E-state index is 13.2. The molecular weight excluding hydrogens is 277 g/mol. The van der Waals surface area contributed by atoms with Gasteiger partial charge in [0, 0.05) is 5.56 Å². The number of nitrogens with one attached hydrogen (secondary N) is 1. The van der Waals surface area contributed by atoms with Crippen LogP contribution in [-0.4, -0.2) is 22.1 Å². The van der Waals surface area contributed by atoms with E-state index in [1.54, 1.807) is 6.92 Å². The highest BCUT2D eigenvalue weighted by atomic mass is 19.1. The molecule has 0 unspecified atom stereocenters. The van der Waals surface area contributed by atoms with Gasteiger partial charge in [0.25, 0.3) is 5.91 Å². The Balaban J connectivity index is 2.33. The molecule has 0 fully saturated rings. The molecule has 0 spiro atoms. The molecule has 0 heterocycles. The fourth-order valence-corrected chi connectivity index (χ4v) is 1.80. The molecule has 2 aromatic rings. The molecule has 0 radical (unpaired) electrons. The second-order valence-electron chi connectivity index (χ2n) is 4.45. The summed E-state index contributed by atoms with van der Waals surface area (Å²) < 4.78 is 13.2. The van der Waals surface area contributed by atoms with Crippen LogP contribution in [0.3, 0.4) is 0 Å².